The first kappa shape index (κ1) is 10.8. The lowest BCUT2D eigenvalue weighted by Gasteiger charge is -2.05. The standard InChI is InChI=1S/C8H5Cl2N5O/c9-6-5(7(10)12-3-11-6)15-8(16)4-1-13-14-2-4/h1-3H,(H,13,14)(H,15,16). The monoisotopic (exact) mass is 257 g/mol. The summed E-state index contributed by atoms with van der Waals surface area (Å²) in [4.78, 5) is 19.0. The van der Waals surface area contributed by atoms with E-state index < -0.39 is 5.91 Å². The third-order valence-corrected chi connectivity index (χ3v) is 2.33. The van der Waals surface area contributed by atoms with Gasteiger partial charge in [0.15, 0.2) is 10.3 Å². The van der Waals surface area contributed by atoms with Gasteiger partial charge in [-0.05, 0) is 0 Å². The number of nitrogens with one attached hydrogen (secondary N) is 2. The van der Waals surface area contributed by atoms with Crippen LogP contribution in [0, 0.1) is 0 Å². The summed E-state index contributed by atoms with van der Waals surface area (Å²) in [6.07, 6.45) is 4.03. The summed E-state index contributed by atoms with van der Waals surface area (Å²) in [6, 6.07) is 0. The lowest BCUT2D eigenvalue weighted by molar-refractivity contribution is 0.102. The minimum atomic E-state index is -0.396. The van der Waals surface area contributed by atoms with Crippen molar-refractivity contribution in [1.82, 2.24) is 20.2 Å². The Balaban J connectivity index is 2.25. The van der Waals surface area contributed by atoms with Crippen molar-refractivity contribution in [2.45, 2.75) is 0 Å². The molecule has 6 nitrogen and oxygen atoms in total. The number of aromatic nitrogens is 4. The Labute approximate surface area is 100 Å². The van der Waals surface area contributed by atoms with Gasteiger partial charge in [-0.1, -0.05) is 23.2 Å². The van der Waals surface area contributed by atoms with Crippen molar-refractivity contribution in [2.24, 2.45) is 0 Å². The number of carbonyl (C=O) groups is 1. The molecule has 0 aliphatic rings. The number of aromatic amines is 1. The van der Waals surface area contributed by atoms with Crippen LogP contribution in [0.4, 0.5) is 5.69 Å². The van der Waals surface area contributed by atoms with Crippen molar-refractivity contribution in [3.63, 3.8) is 0 Å². The highest BCUT2D eigenvalue weighted by molar-refractivity contribution is 6.38. The molecule has 8 heteroatoms. The molecular formula is C8H5Cl2N5O. The molecule has 2 rings (SSSR count). The van der Waals surface area contributed by atoms with Gasteiger partial charge >= 0.3 is 0 Å². The number of hydrogen-bond donors (Lipinski definition) is 2. The average molecular weight is 258 g/mol. The molecule has 0 aliphatic carbocycles. The number of H-pyrrole nitrogens is 1. The third kappa shape index (κ3) is 2.12. The molecular weight excluding hydrogens is 253 g/mol. The highest BCUT2D eigenvalue weighted by Crippen LogP contribution is 2.25. The van der Waals surface area contributed by atoms with E-state index >= 15 is 0 Å². The molecule has 0 radical (unpaired) electrons. The van der Waals surface area contributed by atoms with Crippen molar-refractivity contribution in [3.05, 3.63) is 34.6 Å². The molecule has 0 aliphatic heterocycles. The number of rotatable bonds is 2. The van der Waals surface area contributed by atoms with Crippen LogP contribution in [0.3, 0.4) is 0 Å². The summed E-state index contributed by atoms with van der Waals surface area (Å²) in [5.41, 5.74) is 0.535. The van der Waals surface area contributed by atoms with Crippen LogP contribution in [0.5, 0.6) is 0 Å². The van der Waals surface area contributed by atoms with E-state index in [0.29, 0.717) is 5.56 Å². The van der Waals surface area contributed by atoms with E-state index in [4.69, 9.17) is 23.2 Å². The molecule has 0 atom stereocenters. The molecule has 1 amide bonds. The first-order chi connectivity index (χ1) is 7.68. The molecule has 2 aromatic heterocycles. The number of carbonyl (C=O) groups excluding carboxylic acids is 1. The molecule has 0 spiro atoms. The van der Waals surface area contributed by atoms with Gasteiger partial charge in [0.05, 0.1) is 11.8 Å². The fourth-order valence-corrected chi connectivity index (χ4v) is 1.42. The Bertz CT molecular complexity index is 493. The molecule has 0 unspecified atom stereocenters. The van der Waals surface area contributed by atoms with Gasteiger partial charge in [-0.2, -0.15) is 5.10 Å². The molecule has 2 aromatic rings. The fraction of sp³-hybridized carbons (Fsp3) is 0. The van der Waals surface area contributed by atoms with Gasteiger partial charge in [-0.25, -0.2) is 9.97 Å². The summed E-state index contributed by atoms with van der Waals surface area (Å²) in [7, 11) is 0. The lowest BCUT2D eigenvalue weighted by Crippen LogP contribution is -2.12. The first-order valence-corrected chi connectivity index (χ1v) is 4.90. The van der Waals surface area contributed by atoms with E-state index in [1.807, 2.05) is 0 Å². The van der Waals surface area contributed by atoms with Gasteiger partial charge in [-0.15, -0.1) is 0 Å². The van der Waals surface area contributed by atoms with E-state index in [1.165, 1.54) is 18.7 Å². The molecule has 0 bridgehead atoms. The minimum Gasteiger partial charge on any atom is -0.317 e. The summed E-state index contributed by atoms with van der Waals surface area (Å²) in [5.74, 6) is -0.396. The topological polar surface area (TPSA) is 83.6 Å². The van der Waals surface area contributed by atoms with E-state index in [-0.39, 0.29) is 16.0 Å². The second kappa shape index (κ2) is 4.46. The zero-order chi connectivity index (χ0) is 11.5. The van der Waals surface area contributed by atoms with Gasteiger partial charge in [0.2, 0.25) is 0 Å². The van der Waals surface area contributed by atoms with Gasteiger partial charge in [0.25, 0.3) is 5.91 Å². The third-order valence-electron chi connectivity index (χ3n) is 1.75. The highest BCUT2D eigenvalue weighted by Gasteiger charge is 2.13. The Morgan fingerprint density at radius 3 is 2.56 bits per heavy atom. The van der Waals surface area contributed by atoms with Gasteiger partial charge in [0, 0.05) is 6.20 Å². The Hall–Kier alpha value is -1.66. The van der Waals surface area contributed by atoms with E-state index in [9.17, 15) is 4.79 Å². The van der Waals surface area contributed by atoms with Crippen LogP contribution in [0.15, 0.2) is 18.7 Å². The summed E-state index contributed by atoms with van der Waals surface area (Å²) >= 11 is 11.5. The van der Waals surface area contributed by atoms with Gasteiger partial charge in [-0.3, -0.25) is 9.89 Å². The number of anilines is 1. The number of hydrogen-bond acceptors (Lipinski definition) is 4. The van der Waals surface area contributed by atoms with Gasteiger partial charge in [0.1, 0.15) is 12.0 Å². The molecule has 0 fully saturated rings. The van der Waals surface area contributed by atoms with Crippen molar-refractivity contribution in [2.75, 3.05) is 5.32 Å². The molecule has 2 heterocycles. The maximum atomic E-state index is 11.6. The zero-order valence-corrected chi connectivity index (χ0v) is 9.25. The van der Waals surface area contributed by atoms with Crippen LogP contribution in [0.2, 0.25) is 10.3 Å². The summed E-state index contributed by atoms with van der Waals surface area (Å²) in [5, 5.41) is 8.82. The molecule has 0 saturated carbocycles. The quantitative estimate of drug-likeness (QED) is 0.804. The van der Waals surface area contributed by atoms with Crippen molar-refractivity contribution < 1.29 is 4.79 Å². The molecule has 82 valence electrons. The largest absolute Gasteiger partial charge is 0.317 e. The number of nitrogens with zero attached hydrogens (tertiary/aromatic N) is 3. The maximum Gasteiger partial charge on any atom is 0.259 e. The predicted molar refractivity (Wildman–Crippen MR) is 58.6 cm³/mol. The zero-order valence-electron chi connectivity index (χ0n) is 7.74. The Morgan fingerprint density at radius 1 is 1.31 bits per heavy atom. The average Bonchev–Trinajstić information content (AvgIpc) is 2.76. The number of amides is 1. The number of halogens is 2. The van der Waals surface area contributed by atoms with Gasteiger partial charge < -0.3 is 5.32 Å². The Morgan fingerprint density at radius 2 is 2.00 bits per heavy atom. The predicted octanol–water partition coefficient (Wildman–Crippen LogP) is 1.76. The van der Waals surface area contributed by atoms with Crippen LogP contribution in [-0.2, 0) is 0 Å². The van der Waals surface area contributed by atoms with Crippen LogP contribution in [0.25, 0.3) is 0 Å². The first-order valence-electron chi connectivity index (χ1n) is 4.14. The molecule has 0 saturated heterocycles. The smallest absolute Gasteiger partial charge is 0.259 e. The second-order valence-electron chi connectivity index (χ2n) is 2.77. The molecule has 16 heavy (non-hydrogen) atoms. The Kier molecular flexibility index (Phi) is 3.02. The van der Waals surface area contributed by atoms with Crippen LogP contribution in [-0.4, -0.2) is 26.1 Å². The lowest BCUT2D eigenvalue weighted by atomic mass is 10.3. The molecule has 0 aromatic carbocycles. The van der Waals surface area contributed by atoms with Crippen LogP contribution < -0.4 is 5.32 Å². The summed E-state index contributed by atoms with van der Waals surface area (Å²) < 4.78 is 0. The maximum absolute atomic E-state index is 11.6. The van der Waals surface area contributed by atoms with E-state index in [1.54, 1.807) is 0 Å². The van der Waals surface area contributed by atoms with E-state index in [0.717, 1.165) is 0 Å². The van der Waals surface area contributed by atoms with Crippen LogP contribution in [0.1, 0.15) is 10.4 Å². The highest BCUT2D eigenvalue weighted by atomic mass is 35.5. The SMILES string of the molecule is O=C(Nc1c(Cl)ncnc1Cl)c1cn[nH]c1. The van der Waals surface area contributed by atoms with Crippen molar-refractivity contribution in [3.8, 4) is 0 Å². The van der Waals surface area contributed by atoms with Crippen molar-refractivity contribution >= 4 is 34.8 Å². The van der Waals surface area contributed by atoms with Crippen LogP contribution >= 0.6 is 23.2 Å². The van der Waals surface area contributed by atoms with Crippen molar-refractivity contribution in [1.29, 1.82) is 0 Å². The van der Waals surface area contributed by atoms with E-state index in [2.05, 4.69) is 25.5 Å². The normalized spacial score (nSPS) is 10.1. The fourth-order valence-electron chi connectivity index (χ4n) is 1.01. The summed E-state index contributed by atoms with van der Waals surface area (Å²) in [6.45, 7) is 0. The minimum absolute atomic E-state index is 0.0804. The molecule has 2 N–H and O–H groups in total. The second-order valence-corrected chi connectivity index (χ2v) is 3.49.